The maximum Gasteiger partial charge on any atom is 0.344 e. The van der Waals surface area contributed by atoms with Crippen LogP contribution in [0.4, 0.5) is 0 Å². The van der Waals surface area contributed by atoms with Crippen LogP contribution in [0.15, 0.2) is 47.6 Å². The summed E-state index contributed by atoms with van der Waals surface area (Å²) in [6.45, 7) is 1.17. The van der Waals surface area contributed by atoms with Crippen LogP contribution in [0.5, 0.6) is 11.5 Å². The number of hydrogen-bond donors (Lipinski definition) is 2. The van der Waals surface area contributed by atoms with Crippen LogP contribution in [0.1, 0.15) is 12.5 Å². The maximum atomic E-state index is 11.7. The van der Waals surface area contributed by atoms with Gasteiger partial charge < -0.3 is 14.6 Å². The number of carboxylic acid groups (broad SMARTS) is 1. The molecule has 27 heavy (non-hydrogen) atoms. The van der Waals surface area contributed by atoms with Crippen LogP contribution in [0.2, 0.25) is 10.0 Å². The van der Waals surface area contributed by atoms with Gasteiger partial charge >= 0.3 is 5.97 Å². The van der Waals surface area contributed by atoms with Crippen molar-refractivity contribution in [2.45, 2.75) is 13.0 Å². The molecular formula is C18H16Cl2N2O5. The number of carbonyl (C=O) groups excluding carboxylic acids is 1. The third-order valence-corrected chi connectivity index (χ3v) is 3.73. The Morgan fingerprint density at radius 1 is 1.22 bits per heavy atom. The third-order valence-electron chi connectivity index (χ3n) is 3.20. The lowest BCUT2D eigenvalue weighted by Crippen LogP contribution is -2.24. The number of nitrogens with zero attached hydrogens (tertiary/aromatic N) is 1. The van der Waals surface area contributed by atoms with E-state index in [2.05, 4.69) is 10.5 Å². The van der Waals surface area contributed by atoms with E-state index in [4.69, 9.17) is 37.8 Å². The van der Waals surface area contributed by atoms with Gasteiger partial charge in [0, 0.05) is 5.02 Å². The highest BCUT2D eigenvalue weighted by Crippen LogP contribution is 2.27. The van der Waals surface area contributed by atoms with Crippen molar-refractivity contribution in [2.24, 2.45) is 5.10 Å². The third kappa shape index (κ3) is 6.80. The van der Waals surface area contributed by atoms with Crippen LogP contribution in [0.3, 0.4) is 0 Å². The molecule has 0 saturated heterocycles. The van der Waals surface area contributed by atoms with Gasteiger partial charge in [-0.25, -0.2) is 10.2 Å². The van der Waals surface area contributed by atoms with E-state index in [0.29, 0.717) is 27.1 Å². The second kappa shape index (κ2) is 9.80. The first-order valence-electron chi connectivity index (χ1n) is 7.74. The van der Waals surface area contributed by atoms with Gasteiger partial charge in [-0.1, -0.05) is 23.2 Å². The second-order valence-electron chi connectivity index (χ2n) is 5.32. The fraction of sp³-hybridized carbons (Fsp3) is 0.167. The minimum absolute atomic E-state index is 0.265. The Morgan fingerprint density at radius 2 is 1.93 bits per heavy atom. The summed E-state index contributed by atoms with van der Waals surface area (Å²) in [6.07, 6.45) is 0.482. The Bertz CT molecular complexity index is 840. The first-order chi connectivity index (χ1) is 12.8. The van der Waals surface area contributed by atoms with Crippen molar-refractivity contribution in [1.82, 2.24) is 5.43 Å². The van der Waals surface area contributed by atoms with Crippen molar-refractivity contribution in [2.75, 3.05) is 6.61 Å². The van der Waals surface area contributed by atoms with Gasteiger partial charge in [0.15, 0.2) is 12.7 Å². The zero-order valence-electron chi connectivity index (χ0n) is 14.2. The molecule has 0 unspecified atom stereocenters. The summed E-state index contributed by atoms with van der Waals surface area (Å²) in [5.41, 5.74) is 3.01. The monoisotopic (exact) mass is 410 g/mol. The van der Waals surface area contributed by atoms with Gasteiger partial charge in [-0.05, 0) is 55.0 Å². The molecule has 1 atom stereocenters. The molecule has 0 fully saturated rings. The summed E-state index contributed by atoms with van der Waals surface area (Å²) in [4.78, 5) is 22.5. The fourth-order valence-corrected chi connectivity index (χ4v) is 2.30. The highest BCUT2D eigenvalue weighted by molar-refractivity contribution is 6.35. The van der Waals surface area contributed by atoms with E-state index in [9.17, 15) is 9.59 Å². The fourth-order valence-electron chi connectivity index (χ4n) is 1.83. The molecule has 0 radical (unpaired) electrons. The van der Waals surface area contributed by atoms with Crippen LogP contribution < -0.4 is 14.9 Å². The molecule has 7 nitrogen and oxygen atoms in total. The number of aliphatic carboxylic acids is 1. The number of rotatable bonds is 8. The molecule has 0 bridgehead atoms. The summed E-state index contributed by atoms with van der Waals surface area (Å²) < 4.78 is 10.5. The van der Waals surface area contributed by atoms with E-state index < -0.39 is 18.0 Å². The van der Waals surface area contributed by atoms with Crippen molar-refractivity contribution in [1.29, 1.82) is 0 Å². The van der Waals surface area contributed by atoms with Gasteiger partial charge in [0.05, 0.1) is 11.2 Å². The molecule has 2 aromatic rings. The number of halogens is 2. The van der Waals surface area contributed by atoms with Gasteiger partial charge in [-0.3, -0.25) is 4.79 Å². The summed E-state index contributed by atoms with van der Waals surface area (Å²) in [7, 11) is 0. The van der Waals surface area contributed by atoms with E-state index >= 15 is 0 Å². The van der Waals surface area contributed by atoms with Crippen LogP contribution in [-0.2, 0) is 9.59 Å². The van der Waals surface area contributed by atoms with Crippen LogP contribution in [0.25, 0.3) is 0 Å². The molecule has 2 rings (SSSR count). The molecule has 0 heterocycles. The van der Waals surface area contributed by atoms with Crippen LogP contribution >= 0.6 is 23.2 Å². The molecule has 0 aliphatic heterocycles. The number of nitrogens with one attached hydrogen (secondary N) is 1. The lowest BCUT2D eigenvalue weighted by atomic mass is 10.2. The Hall–Kier alpha value is -2.77. The van der Waals surface area contributed by atoms with E-state index in [-0.39, 0.29) is 6.61 Å². The molecule has 0 aliphatic carbocycles. The first kappa shape index (κ1) is 20.5. The highest BCUT2D eigenvalue weighted by Gasteiger charge is 2.11. The van der Waals surface area contributed by atoms with E-state index in [0.717, 1.165) is 0 Å². The summed E-state index contributed by atoms with van der Waals surface area (Å²) in [5, 5.41) is 13.4. The van der Waals surface area contributed by atoms with Crippen LogP contribution in [0, 0.1) is 0 Å². The average molecular weight is 411 g/mol. The zero-order valence-corrected chi connectivity index (χ0v) is 15.7. The van der Waals surface area contributed by atoms with E-state index in [1.165, 1.54) is 19.2 Å². The standard InChI is InChI=1S/C18H16Cl2N2O5/c1-11(18(24)25)27-14-5-2-12(3-6-14)9-21-22-17(23)10-26-16-7-4-13(19)8-15(16)20/h2-9,11H,10H2,1H3,(H,22,23)(H,24,25)/b21-9+/t11-/m0/s1. The molecule has 0 aliphatic rings. The Kier molecular flexibility index (Phi) is 7.45. The number of amides is 1. The summed E-state index contributed by atoms with van der Waals surface area (Å²) in [5.74, 6) is -0.760. The quantitative estimate of drug-likeness (QED) is 0.513. The van der Waals surface area contributed by atoms with Crippen LogP contribution in [-0.4, -0.2) is 35.9 Å². The Labute approximate surface area is 165 Å². The summed E-state index contributed by atoms with van der Waals surface area (Å²) in [6, 6.07) is 11.2. The van der Waals surface area contributed by atoms with Gasteiger partial charge in [0.25, 0.3) is 5.91 Å². The molecule has 0 saturated carbocycles. The molecular weight excluding hydrogens is 395 g/mol. The number of carbonyl (C=O) groups is 2. The Balaban J connectivity index is 1.80. The summed E-state index contributed by atoms with van der Waals surface area (Å²) >= 11 is 11.7. The lowest BCUT2D eigenvalue weighted by molar-refractivity contribution is -0.144. The molecule has 0 spiro atoms. The maximum absolute atomic E-state index is 11.7. The minimum Gasteiger partial charge on any atom is -0.482 e. The lowest BCUT2D eigenvalue weighted by Gasteiger charge is -2.10. The number of ether oxygens (including phenoxy) is 2. The van der Waals surface area contributed by atoms with Crippen molar-refractivity contribution < 1.29 is 24.2 Å². The van der Waals surface area contributed by atoms with Crippen molar-refractivity contribution >= 4 is 41.3 Å². The number of benzene rings is 2. The largest absolute Gasteiger partial charge is 0.482 e. The van der Waals surface area contributed by atoms with Crippen molar-refractivity contribution in [3.05, 3.63) is 58.1 Å². The SMILES string of the molecule is C[C@H](Oc1ccc(/C=N/NC(=O)COc2ccc(Cl)cc2Cl)cc1)C(=O)O. The molecule has 2 aromatic carbocycles. The predicted molar refractivity (Wildman–Crippen MR) is 102 cm³/mol. The first-order valence-corrected chi connectivity index (χ1v) is 8.50. The predicted octanol–water partition coefficient (Wildman–Crippen LogP) is 3.37. The number of hydrazone groups is 1. The van der Waals surface area contributed by atoms with Crippen molar-refractivity contribution in [3.63, 3.8) is 0 Å². The second-order valence-corrected chi connectivity index (χ2v) is 6.17. The highest BCUT2D eigenvalue weighted by atomic mass is 35.5. The molecule has 9 heteroatoms. The molecule has 142 valence electrons. The van der Waals surface area contributed by atoms with Gasteiger partial charge in [0.2, 0.25) is 0 Å². The minimum atomic E-state index is -1.05. The Morgan fingerprint density at radius 3 is 2.56 bits per heavy atom. The van der Waals surface area contributed by atoms with Crippen molar-refractivity contribution in [3.8, 4) is 11.5 Å². The van der Waals surface area contributed by atoms with E-state index in [1.54, 1.807) is 36.4 Å². The average Bonchev–Trinajstić information content (AvgIpc) is 2.62. The van der Waals surface area contributed by atoms with Gasteiger partial charge in [0.1, 0.15) is 11.5 Å². The molecule has 0 aromatic heterocycles. The smallest absolute Gasteiger partial charge is 0.344 e. The molecule has 2 N–H and O–H groups in total. The zero-order chi connectivity index (χ0) is 19.8. The normalized spacial score (nSPS) is 11.8. The topological polar surface area (TPSA) is 97.2 Å². The number of hydrogen-bond acceptors (Lipinski definition) is 5. The van der Waals surface area contributed by atoms with Gasteiger partial charge in [-0.2, -0.15) is 5.10 Å². The van der Waals surface area contributed by atoms with E-state index in [1.807, 2.05) is 0 Å². The molecule has 1 amide bonds. The number of carboxylic acids is 1. The van der Waals surface area contributed by atoms with Gasteiger partial charge in [-0.15, -0.1) is 0 Å².